The third-order valence-corrected chi connectivity index (χ3v) is 4.22. The molecule has 0 atom stereocenters. The summed E-state index contributed by atoms with van der Waals surface area (Å²) in [6.07, 6.45) is 2.15. The molecule has 3 rings (SSSR count). The molecule has 21 heavy (non-hydrogen) atoms. The molecule has 1 fully saturated rings. The lowest BCUT2D eigenvalue weighted by atomic mass is 10.1. The number of aromatic nitrogens is 1. The largest absolute Gasteiger partial charge is 0.381 e. The van der Waals surface area contributed by atoms with E-state index >= 15 is 0 Å². The summed E-state index contributed by atoms with van der Waals surface area (Å²) in [7, 11) is 4.14. The number of nitrogens with one attached hydrogen (secondary N) is 1. The van der Waals surface area contributed by atoms with Crippen molar-refractivity contribution in [3.05, 3.63) is 35.9 Å². The van der Waals surface area contributed by atoms with Crippen LogP contribution >= 0.6 is 0 Å². The first-order valence-electron chi connectivity index (χ1n) is 7.63. The molecule has 1 aliphatic heterocycles. The topological polar surface area (TPSA) is 37.4 Å². The quantitative estimate of drug-likeness (QED) is 0.937. The van der Waals surface area contributed by atoms with E-state index in [1.807, 2.05) is 13.1 Å². The summed E-state index contributed by atoms with van der Waals surface area (Å²) < 4.78 is 5.47. The summed E-state index contributed by atoms with van der Waals surface area (Å²) in [4.78, 5) is 7.25. The van der Waals surface area contributed by atoms with E-state index in [-0.39, 0.29) is 0 Å². The highest BCUT2D eigenvalue weighted by Gasteiger charge is 2.21. The fourth-order valence-corrected chi connectivity index (χ4v) is 3.02. The van der Waals surface area contributed by atoms with E-state index in [9.17, 15) is 0 Å². The number of pyridine rings is 1. The van der Waals surface area contributed by atoms with Crippen LogP contribution in [-0.4, -0.2) is 38.3 Å². The van der Waals surface area contributed by atoms with E-state index in [0.29, 0.717) is 6.04 Å². The minimum absolute atomic E-state index is 0.517. The average Bonchev–Trinajstić information content (AvgIpc) is 2.55. The van der Waals surface area contributed by atoms with E-state index in [0.717, 1.165) is 43.9 Å². The predicted octanol–water partition coefficient (Wildman–Crippen LogP) is 2.57. The zero-order chi connectivity index (χ0) is 14.7. The van der Waals surface area contributed by atoms with Crippen molar-refractivity contribution < 1.29 is 4.74 Å². The molecular formula is C17H23N3O. The Morgan fingerprint density at radius 1 is 1.29 bits per heavy atom. The van der Waals surface area contributed by atoms with Gasteiger partial charge in [-0.1, -0.05) is 18.2 Å². The molecule has 4 nitrogen and oxygen atoms in total. The van der Waals surface area contributed by atoms with Crippen molar-refractivity contribution in [3.8, 4) is 0 Å². The van der Waals surface area contributed by atoms with Gasteiger partial charge < -0.3 is 15.0 Å². The fraction of sp³-hybridized carbons (Fsp3) is 0.471. The van der Waals surface area contributed by atoms with Gasteiger partial charge in [0.15, 0.2) is 0 Å². The molecule has 0 saturated carbocycles. The highest BCUT2D eigenvalue weighted by molar-refractivity contribution is 5.81. The maximum absolute atomic E-state index is 5.47. The molecule has 2 heterocycles. The molecule has 1 aromatic carbocycles. The van der Waals surface area contributed by atoms with Crippen molar-refractivity contribution in [2.45, 2.75) is 25.4 Å². The molecule has 1 aromatic heterocycles. The van der Waals surface area contributed by atoms with Crippen molar-refractivity contribution in [2.75, 3.05) is 32.2 Å². The van der Waals surface area contributed by atoms with Gasteiger partial charge in [0.05, 0.1) is 5.52 Å². The standard InChI is InChI=1S/C17H23N3O/c1-18-12-14-11-13-5-3-4-6-16(13)19-17(14)20(2)15-7-9-21-10-8-15/h3-6,11,15,18H,7-10,12H2,1-2H3. The van der Waals surface area contributed by atoms with Crippen LogP contribution in [0.3, 0.4) is 0 Å². The second kappa shape index (κ2) is 6.41. The van der Waals surface area contributed by atoms with E-state index in [4.69, 9.17) is 9.72 Å². The second-order valence-electron chi connectivity index (χ2n) is 5.65. The van der Waals surface area contributed by atoms with Gasteiger partial charge >= 0.3 is 0 Å². The first kappa shape index (κ1) is 14.3. The van der Waals surface area contributed by atoms with Crippen LogP contribution in [0.15, 0.2) is 30.3 Å². The summed E-state index contributed by atoms with van der Waals surface area (Å²) in [5.41, 5.74) is 2.32. The Balaban J connectivity index is 1.99. The smallest absolute Gasteiger partial charge is 0.133 e. The summed E-state index contributed by atoms with van der Waals surface area (Å²) >= 11 is 0. The minimum Gasteiger partial charge on any atom is -0.381 e. The average molecular weight is 285 g/mol. The maximum atomic E-state index is 5.47. The number of anilines is 1. The van der Waals surface area contributed by atoms with Gasteiger partial charge in [-0.2, -0.15) is 0 Å². The molecule has 0 aliphatic carbocycles. The summed E-state index contributed by atoms with van der Waals surface area (Å²) in [5, 5.41) is 4.46. The Kier molecular flexibility index (Phi) is 4.36. The zero-order valence-corrected chi connectivity index (χ0v) is 12.8. The Hall–Kier alpha value is -1.65. The zero-order valence-electron chi connectivity index (χ0n) is 12.8. The van der Waals surface area contributed by atoms with Gasteiger partial charge in [0.25, 0.3) is 0 Å². The summed E-state index contributed by atoms with van der Waals surface area (Å²) in [5.74, 6) is 1.09. The van der Waals surface area contributed by atoms with Crippen molar-refractivity contribution >= 4 is 16.7 Å². The molecule has 1 N–H and O–H groups in total. The van der Waals surface area contributed by atoms with E-state index in [1.165, 1.54) is 10.9 Å². The van der Waals surface area contributed by atoms with Crippen molar-refractivity contribution in [3.63, 3.8) is 0 Å². The van der Waals surface area contributed by atoms with Crippen molar-refractivity contribution in [2.24, 2.45) is 0 Å². The fourth-order valence-electron chi connectivity index (χ4n) is 3.02. The van der Waals surface area contributed by atoms with Crippen LogP contribution in [0.1, 0.15) is 18.4 Å². The van der Waals surface area contributed by atoms with E-state index in [2.05, 4.69) is 41.5 Å². The molecule has 112 valence electrons. The SMILES string of the molecule is CNCc1cc2ccccc2nc1N(C)C1CCOCC1. The molecule has 0 bridgehead atoms. The number of ether oxygens (including phenoxy) is 1. The highest BCUT2D eigenvalue weighted by atomic mass is 16.5. The molecule has 0 spiro atoms. The van der Waals surface area contributed by atoms with Crippen LogP contribution < -0.4 is 10.2 Å². The molecule has 1 saturated heterocycles. The monoisotopic (exact) mass is 285 g/mol. The van der Waals surface area contributed by atoms with Crippen molar-refractivity contribution in [1.82, 2.24) is 10.3 Å². The van der Waals surface area contributed by atoms with Gasteiger partial charge in [-0.25, -0.2) is 4.98 Å². The first-order chi connectivity index (χ1) is 10.3. The lowest BCUT2D eigenvalue weighted by Gasteiger charge is -2.33. The molecule has 0 amide bonds. The molecule has 2 aromatic rings. The van der Waals surface area contributed by atoms with Crippen LogP contribution in [0.2, 0.25) is 0 Å². The lowest BCUT2D eigenvalue weighted by molar-refractivity contribution is 0.0853. The lowest BCUT2D eigenvalue weighted by Crippen LogP contribution is -2.37. The number of hydrogen-bond acceptors (Lipinski definition) is 4. The van der Waals surface area contributed by atoms with Gasteiger partial charge in [0.2, 0.25) is 0 Å². The number of hydrogen-bond donors (Lipinski definition) is 1. The Bertz CT molecular complexity index is 608. The normalized spacial score (nSPS) is 16.3. The summed E-state index contributed by atoms with van der Waals surface area (Å²) in [6.45, 7) is 2.54. The molecule has 0 unspecified atom stereocenters. The van der Waals surface area contributed by atoms with Crippen molar-refractivity contribution in [1.29, 1.82) is 0 Å². The first-order valence-corrected chi connectivity index (χ1v) is 7.63. The predicted molar refractivity (Wildman–Crippen MR) is 86.8 cm³/mol. The molecule has 4 heteroatoms. The van der Waals surface area contributed by atoms with Gasteiger partial charge in [-0.3, -0.25) is 0 Å². The Labute approximate surface area is 126 Å². The summed E-state index contributed by atoms with van der Waals surface area (Å²) in [6, 6.07) is 11.1. The third-order valence-electron chi connectivity index (χ3n) is 4.22. The third kappa shape index (κ3) is 3.01. The van der Waals surface area contributed by atoms with Crippen LogP contribution in [0.4, 0.5) is 5.82 Å². The van der Waals surface area contributed by atoms with Crippen LogP contribution in [0, 0.1) is 0 Å². The molecular weight excluding hydrogens is 262 g/mol. The van der Waals surface area contributed by atoms with E-state index in [1.54, 1.807) is 0 Å². The number of para-hydroxylation sites is 1. The van der Waals surface area contributed by atoms with Crippen LogP contribution in [0.25, 0.3) is 10.9 Å². The minimum atomic E-state index is 0.517. The highest BCUT2D eigenvalue weighted by Crippen LogP contribution is 2.26. The Morgan fingerprint density at radius 2 is 2.05 bits per heavy atom. The number of rotatable bonds is 4. The van der Waals surface area contributed by atoms with Crippen LogP contribution in [0.5, 0.6) is 0 Å². The number of fused-ring (bicyclic) bond motifs is 1. The maximum Gasteiger partial charge on any atom is 0.133 e. The van der Waals surface area contributed by atoms with Gasteiger partial charge in [-0.15, -0.1) is 0 Å². The van der Waals surface area contributed by atoms with Crippen LogP contribution in [-0.2, 0) is 11.3 Å². The van der Waals surface area contributed by atoms with E-state index < -0.39 is 0 Å². The van der Waals surface area contributed by atoms with Gasteiger partial charge in [0, 0.05) is 43.8 Å². The molecule has 1 aliphatic rings. The van der Waals surface area contributed by atoms with Gasteiger partial charge in [-0.05, 0) is 32.0 Å². The second-order valence-corrected chi connectivity index (χ2v) is 5.65. The Morgan fingerprint density at radius 3 is 2.81 bits per heavy atom. The van der Waals surface area contributed by atoms with Gasteiger partial charge in [0.1, 0.15) is 5.82 Å². The number of nitrogens with zero attached hydrogens (tertiary/aromatic N) is 2. The number of benzene rings is 1. The molecule has 0 radical (unpaired) electrons.